The highest BCUT2D eigenvalue weighted by Crippen LogP contribution is 2.24. The minimum atomic E-state index is 0.386. The zero-order valence-corrected chi connectivity index (χ0v) is 11.1. The van der Waals surface area contributed by atoms with E-state index in [0.29, 0.717) is 24.3 Å². The highest BCUT2D eigenvalue weighted by Gasteiger charge is 2.25. The van der Waals surface area contributed by atoms with Crippen LogP contribution in [0.4, 0.5) is 0 Å². The van der Waals surface area contributed by atoms with Crippen LogP contribution in [0.2, 0.25) is 0 Å². The molecule has 3 heteroatoms. The summed E-state index contributed by atoms with van der Waals surface area (Å²) in [6.45, 7) is 6.58. The van der Waals surface area contributed by atoms with E-state index in [1.54, 1.807) is 0 Å². The van der Waals surface area contributed by atoms with Crippen LogP contribution in [0, 0.1) is 0 Å². The van der Waals surface area contributed by atoms with Crippen molar-refractivity contribution < 1.29 is 4.74 Å². The molecule has 0 spiro atoms. The Morgan fingerprint density at radius 3 is 2.62 bits per heavy atom. The zero-order chi connectivity index (χ0) is 11.5. The van der Waals surface area contributed by atoms with Gasteiger partial charge in [0.15, 0.2) is 0 Å². The molecule has 90 valence electrons. The van der Waals surface area contributed by atoms with Crippen LogP contribution in [0.3, 0.4) is 0 Å². The van der Waals surface area contributed by atoms with Crippen LogP contribution in [0.1, 0.15) is 44.5 Å². The highest BCUT2D eigenvalue weighted by molar-refractivity contribution is 7.10. The molecule has 0 amide bonds. The summed E-state index contributed by atoms with van der Waals surface area (Å²) in [5.41, 5.74) is 0. The molecule has 3 unspecified atom stereocenters. The third-order valence-electron chi connectivity index (χ3n) is 3.15. The smallest absolute Gasteiger partial charge is 0.0565 e. The van der Waals surface area contributed by atoms with Crippen molar-refractivity contribution in [1.29, 1.82) is 0 Å². The fraction of sp³-hybridized carbons (Fsp3) is 0.692. The van der Waals surface area contributed by atoms with E-state index in [9.17, 15) is 0 Å². The number of nitrogens with one attached hydrogen (secondary N) is 1. The number of ether oxygens (including phenoxy) is 1. The fourth-order valence-corrected chi connectivity index (χ4v) is 3.26. The SMILES string of the molecule is CC1CC(NC(C)c2cccs2)CC(C)O1. The van der Waals surface area contributed by atoms with Gasteiger partial charge in [-0.05, 0) is 45.1 Å². The average Bonchev–Trinajstić information content (AvgIpc) is 2.68. The molecular weight excluding hydrogens is 218 g/mol. The Morgan fingerprint density at radius 1 is 1.38 bits per heavy atom. The summed E-state index contributed by atoms with van der Waals surface area (Å²) in [7, 11) is 0. The lowest BCUT2D eigenvalue weighted by molar-refractivity contribution is -0.0433. The Labute approximate surface area is 102 Å². The summed E-state index contributed by atoms with van der Waals surface area (Å²) in [6, 6.07) is 5.38. The summed E-state index contributed by atoms with van der Waals surface area (Å²) in [5, 5.41) is 5.85. The molecule has 0 bridgehead atoms. The van der Waals surface area contributed by atoms with Gasteiger partial charge < -0.3 is 10.1 Å². The number of hydrogen-bond donors (Lipinski definition) is 1. The minimum Gasteiger partial charge on any atom is -0.375 e. The van der Waals surface area contributed by atoms with Crippen LogP contribution in [0.5, 0.6) is 0 Å². The molecule has 16 heavy (non-hydrogen) atoms. The fourth-order valence-electron chi connectivity index (χ4n) is 2.51. The lowest BCUT2D eigenvalue weighted by atomic mass is 9.99. The third kappa shape index (κ3) is 3.06. The van der Waals surface area contributed by atoms with Crippen LogP contribution < -0.4 is 5.32 Å². The van der Waals surface area contributed by atoms with Crippen molar-refractivity contribution >= 4 is 11.3 Å². The summed E-state index contributed by atoms with van der Waals surface area (Å²) in [6.07, 6.45) is 3.02. The van der Waals surface area contributed by atoms with Gasteiger partial charge in [-0.15, -0.1) is 11.3 Å². The third-order valence-corrected chi connectivity index (χ3v) is 4.21. The van der Waals surface area contributed by atoms with E-state index in [0.717, 1.165) is 12.8 Å². The van der Waals surface area contributed by atoms with E-state index in [1.807, 2.05) is 11.3 Å². The molecule has 1 aromatic rings. The van der Waals surface area contributed by atoms with Gasteiger partial charge in [0.2, 0.25) is 0 Å². The van der Waals surface area contributed by atoms with Gasteiger partial charge in [0.05, 0.1) is 12.2 Å². The molecule has 0 radical (unpaired) electrons. The van der Waals surface area contributed by atoms with E-state index in [4.69, 9.17) is 4.74 Å². The van der Waals surface area contributed by atoms with Crippen LogP contribution in [0.25, 0.3) is 0 Å². The van der Waals surface area contributed by atoms with Gasteiger partial charge in [-0.1, -0.05) is 6.07 Å². The topological polar surface area (TPSA) is 21.3 Å². The summed E-state index contributed by atoms with van der Waals surface area (Å²) in [5.74, 6) is 0. The molecule has 1 fully saturated rings. The predicted octanol–water partition coefficient (Wildman–Crippen LogP) is 3.35. The van der Waals surface area contributed by atoms with Gasteiger partial charge in [0.25, 0.3) is 0 Å². The summed E-state index contributed by atoms with van der Waals surface area (Å²) in [4.78, 5) is 1.42. The first-order valence-electron chi connectivity index (χ1n) is 6.10. The van der Waals surface area contributed by atoms with Gasteiger partial charge in [0.1, 0.15) is 0 Å². The maximum Gasteiger partial charge on any atom is 0.0565 e. The quantitative estimate of drug-likeness (QED) is 0.873. The Hall–Kier alpha value is -0.380. The van der Waals surface area contributed by atoms with E-state index < -0.39 is 0 Å². The van der Waals surface area contributed by atoms with E-state index in [2.05, 4.69) is 43.6 Å². The second-order valence-corrected chi connectivity index (χ2v) is 5.81. The summed E-state index contributed by atoms with van der Waals surface area (Å²) < 4.78 is 5.75. The lowest BCUT2D eigenvalue weighted by Crippen LogP contribution is -2.42. The molecule has 1 aromatic heterocycles. The molecule has 0 aliphatic carbocycles. The van der Waals surface area contributed by atoms with Crippen LogP contribution in [-0.4, -0.2) is 18.2 Å². The Bertz CT molecular complexity index is 302. The Morgan fingerprint density at radius 2 is 2.06 bits per heavy atom. The maximum atomic E-state index is 5.75. The summed E-state index contributed by atoms with van der Waals surface area (Å²) >= 11 is 1.83. The molecule has 3 atom stereocenters. The molecule has 2 rings (SSSR count). The largest absolute Gasteiger partial charge is 0.375 e. The number of hydrogen-bond acceptors (Lipinski definition) is 3. The first-order valence-corrected chi connectivity index (χ1v) is 6.98. The van der Waals surface area contributed by atoms with Crippen molar-refractivity contribution in [2.24, 2.45) is 0 Å². The molecule has 1 saturated heterocycles. The maximum absolute atomic E-state index is 5.75. The monoisotopic (exact) mass is 239 g/mol. The van der Waals surface area contributed by atoms with Crippen LogP contribution >= 0.6 is 11.3 Å². The number of rotatable bonds is 3. The van der Waals surface area contributed by atoms with Gasteiger partial charge in [-0.2, -0.15) is 0 Å². The molecule has 0 saturated carbocycles. The molecule has 2 heterocycles. The Balaban J connectivity index is 1.89. The number of thiophene rings is 1. The zero-order valence-electron chi connectivity index (χ0n) is 10.3. The molecule has 2 nitrogen and oxygen atoms in total. The molecule has 1 N–H and O–H groups in total. The first-order chi connectivity index (χ1) is 7.65. The molecular formula is C13H21NOS. The lowest BCUT2D eigenvalue weighted by Gasteiger charge is -2.34. The van der Waals surface area contributed by atoms with E-state index >= 15 is 0 Å². The van der Waals surface area contributed by atoms with Crippen LogP contribution in [-0.2, 0) is 4.74 Å². The van der Waals surface area contributed by atoms with Gasteiger partial charge in [-0.25, -0.2) is 0 Å². The van der Waals surface area contributed by atoms with Crippen molar-refractivity contribution in [1.82, 2.24) is 5.32 Å². The first kappa shape index (κ1) is 12.1. The molecule has 0 aromatic carbocycles. The van der Waals surface area contributed by atoms with E-state index in [-0.39, 0.29) is 0 Å². The minimum absolute atomic E-state index is 0.386. The van der Waals surface area contributed by atoms with Gasteiger partial charge in [0, 0.05) is 17.0 Å². The predicted molar refractivity (Wildman–Crippen MR) is 68.9 cm³/mol. The standard InChI is InChI=1S/C13H21NOS/c1-9-7-12(8-10(2)15-9)14-11(3)13-5-4-6-16-13/h4-6,9-12,14H,7-8H2,1-3H3. The van der Waals surface area contributed by atoms with Crippen molar-refractivity contribution in [2.45, 2.75) is 57.9 Å². The second-order valence-electron chi connectivity index (χ2n) is 4.83. The van der Waals surface area contributed by atoms with Gasteiger partial charge in [-0.3, -0.25) is 0 Å². The van der Waals surface area contributed by atoms with Gasteiger partial charge >= 0.3 is 0 Å². The van der Waals surface area contributed by atoms with Crippen molar-refractivity contribution in [2.75, 3.05) is 0 Å². The van der Waals surface area contributed by atoms with Crippen molar-refractivity contribution in [3.8, 4) is 0 Å². The molecule has 1 aliphatic heterocycles. The van der Waals surface area contributed by atoms with Crippen LogP contribution in [0.15, 0.2) is 17.5 Å². The Kier molecular flexibility index (Phi) is 4.00. The normalized spacial score (nSPS) is 32.6. The highest BCUT2D eigenvalue weighted by atomic mass is 32.1. The molecule has 1 aliphatic rings. The average molecular weight is 239 g/mol. The van der Waals surface area contributed by atoms with Crippen molar-refractivity contribution in [3.63, 3.8) is 0 Å². The second kappa shape index (κ2) is 5.30. The van der Waals surface area contributed by atoms with Crippen molar-refractivity contribution in [3.05, 3.63) is 22.4 Å². The van der Waals surface area contributed by atoms with E-state index in [1.165, 1.54) is 4.88 Å².